The Hall–Kier alpha value is -0.970. The van der Waals surface area contributed by atoms with E-state index < -0.39 is 5.82 Å². The van der Waals surface area contributed by atoms with Gasteiger partial charge in [-0.3, -0.25) is 0 Å². The van der Waals surface area contributed by atoms with Gasteiger partial charge in [0, 0.05) is 22.0 Å². The second kappa shape index (κ2) is 5.99. The van der Waals surface area contributed by atoms with E-state index in [-0.39, 0.29) is 10.3 Å². The number of pyridine rings is 1. The molecule has 0 fully saturated rings. The normalized spacial score (nSPS) is 12.4. The zero-order valence-electron chi connectivity index (χ0n) is 10.0. The SMILES string of the molecule is C[C@@H](Sc1cccnc1N)c1c(Cl)ccc(F)c1Cl. The lowest BCUT2D eigenvalue weighted by atomic mass is 10.1. The maximum absolute atomic E-state index is 13.5. The monoisotopic (exact) mass is 316 g/mol. The van der Waals surface area contributed by atoms with E-state index in [1.54, 1.807) is 12.3 Å². The fourth-order valence-corrected chi connectivity index (χ4v) is 3.57. The van der Waals surface area contributed by atoms with Gasteiger partial charge in [-0.1, -0.05) is 23.2 Å². The van der Waals surface area contributed by atoms with Gasteiger partial charge in [-0.15, -0.1) is 11.8 Å². The van der Waals surface area contributed by atoms with Crippen LogP contribution in [0.25, 0.3) is 0 Å². The van der Waals surface area contributed by atoms with Crippen LogP contribution in [0.2, 0.25) is 10.0 Å². The second-order valence-corrected chi connectivity index (χ2v) is 6.07. The molecule has 6 heteroatoms. The third-order valence-corrected chi connectivity index (χ3v) is 4.49. The highest BCUT2D eigenvalue weighted by Crippen LogP contribution is 2.43. The Bertz CT molecular complexity index is 607. The van der Waals surface area contributed by atoms with Crippen molar-refractivity contribution in [2.75, 3.05) is 5.73 Å². The van der Waals surface area contributed by atoms with Crippen molar-refractivity contribution >= 4 is 40.8 Å². The van der Waals surface area contributed by atoms with Gasteiger partial charge in [-0.25, -0.2) is 9.37 Å². The molecule has 1 aromatic heterocycles. The smallest absolute Gasteiger partial charge is 0.142 e. The quantitative estimate of drug-likeness (QED) is 0.642. The largest absolute Gasteiger partial charge is 0.383 e. The summed E-state index contributed by atoms with van der Waals surface area (Å²) >= 11 is 13.5. The summed E-state index contributed by atoms with van der Waals surface area (Å²) in [6, 6.07) is 6.40. The first-order chi connectivity index (χ1) is 9.00. The van der Waals surface area contributed by atoms with Crippen LogP contribution in [-0.2, 0) is 0 Å². The Morgan fingerprint density at radius 3 is 2.74 bits per heavy atom. The van der Waals surface area contributed by atoms with E-state index >= 15 is 0 Å². The average molecular weight is 317 g/mol. The number of nitrogen functional groups attached to an aromatic ring is 1. The molecule has 2 aromatic rings. The zero-order chi connectivity index (χ0) is 14.0. The van der Waals surface area contributed by atoms with E-state index in [1.165, 1.54) is 23.9 Å². The summed E-state index contributed by atoms with van der Waals surface area (Å²) in [6.07, 6.45) is 1.62. The minimum Gasteiger partial charge on any atom is -0.383 e. The molecule has 0 unspecified atom stereocenters. The van der Waals surface area contributed by atoms with Crippen molar-refractivity contribution in [3.8, 4) is 0 Å². The lowest BCUT2D eigenvalue weighted by Gasteiger charge is -2.16. The van der Waals surface area contributed by atoms with Gasteiger partial charge in [0.2, 0.25) is 0 Å². The van der Waals surface area contributed by atoms with Gasteiger partial charge in [0.1, 0.15) is 11.6 Å². The van der Waals surface area contributed by atoms with Crippen LogP contribution in [0.15, 0.2) is 35.4 Å². The maximum atomic E-state index is 13.5. The minimum atomic E-state index is -0.479. The fraction of sp³-hybridized carbons (Fsp3) is 0.154. The molecular weight excluding hydrogens is 306 g/mol. The molecule has 0 aliphatic carbocycles. The molecule has 2 N–H and O–H groups in total. The van der Waals surface area contributed by atoms with Crippen LogP contribution in [0.1, 0.15) is 17.7 Å². The Morgan fingerprint density at radius 1 is 1.32 bits per heavy atom. The number of benzene rings is 1. The number of hydrogen-bond donors (Lipinski definition) is 1. The zero-order valence-corrected chi connectivity index (χ0v) is 12.4. The van der Waals surface area contributed by atoms with E-state index in [0.717, 1.165) is 4.90 Å². The van der Waals surface area contributed by atoms with Crippen LogP contribution in [0.3, 0.4) is 0 Å². The van der Waals surface area contributed by atoms with E-state index in [0.29, 0.717) is 16.4 Å². The number of nitrogens with zero attached hydrogens (tertiary/aromatic N) is 1. The van der Waals surface area contributed by atoms with Gasteiger partial charge in [-0.2, -0.15) is 0 Å². The maximum Gasteiger partial charge on any atom is 0.142 e. The highest BCUT2D eigenvalue weighted by atomic mass is 35.5. The van der Waals surface area contributed by atoms with Crippen molar-refractivity contribution in [3.05, 3.63) is 51.9 Å². The van der Waals surface area contributed by atoms with Gasteiger partial charge in [0.05, 0.1) is 9.92 Å². The first kappa shape index (κ1) is 14.4. The summed E-state index contributed by atoms with van der Waals surface area (Å²) in [5, 5.41) is 0.353. The number of halogens is 3. The van der Waals surface area contributed by atoms with Crippen molar-refractivity contribution < 1.29 is 4.39 Å². The van der Waals surface area contributed by atoms with Crippen LogP contribution in [0.5, 0.6) is 0 Å². The topological polar surface area (TPSA) is 38.9 Å². The first-order valence-electron chi connectivity index (χ1n) is 5.51. The number of nitrogens with two attached hydrogens (primary N) is 1. The molecule has 1 atom stereocenters. The summed E-state index contributed by atoms with van der Waals surface area (Å²) < 4.78 is 13.5. The highest BCUT2D eigenvalue weighted by Gasteiger charge is 2.18. The van der Waals surface area contributed by atoms with Crippen LogP contribution in [0, 0.1) is 5.82 Å². The number of thioether (sulfide) groups is 1. The molecule has 1 aromatic carbocycles. The molecule has 0 amide bonds. The van der Waals surface area contributed by atoms with Crippen molar-refractivity contribution in [3.63, 3.8) is 0 Å². The molecular formula is C13H11Cl2FN2S. The van der Waals surface area contributed by atoms with Crippen LogP contribution in [-0.4, -0.2) is 4.98 Å². The molecule has 0 radical (unpaired) electrons. The van der Waals surface area contributed by atoms with Crippen LogP contribution in [0.4, 0.5) is 10.2 Å². The minimum absolute atomic E-state index is 0.0509. The Balaban J connectivity index is 2.33. The predicted octanol–water partition coefficient (Wildman–Crippen LogP) is 4.96. The first-order valence-corrected chi connectivity index (χ1v) is 7.14. The van der Waals surface area contributed by atoms with Crippen molar-refractivity contribution in [2.24, 2.45) is 0 Å². The molecule has 2 rings (SSSR count). The van der Waals surface area contributed by atoms with Crippen molar-refractivity contribution in [1.82, 2.24) is 4.98 Å². The molecule has 2 nitrogen and oxygen atoms in total. The van der Waals surface area contributed by atoms with Gasteiger partial charge < -0.3 is 5.73 Å². The van der Waals surface area contributed by atoms with Gasteiger partial charge in [-0.05, 0) is 31.2 Å². The summed E-state index contributed by atoms with van der Waals surface area (Å²) in [4.78, 5) is 4.82. The van der Waals surface area contributed by atoms with Gasteiger partial charge >= 0.3 is 0 Å². The van der Waals surface area contributed by atoms with Crippen LogP contribution < -0.4 is 5.73 Å². The predicted molar refractivity (Wildman–Crippen MR) is 79.3 cm³/mol. The van der Waals surface area contributed by atoms with E-state index in [1.807, 2.05) is 13.0 Å². The van der Waals surface area contributed by atoms with Gasteiger partial charge in [0.25, 0.3) is 0 Å². The molecule has 0 spiro atoms. The van der Waals surface area contributed by atoms with Crippen LogP contribution >= 0.6 is 35.0 Å². The summed E-state index contributed by atoms with van der Waals surface area (Å²) in [5.41, 5.74) is 6.35. The highest BCUT2D eigenvalue weighted by molar-refractivity contribution is 7.99. The molecule has 0 aliphatic heterocycles. The number of aromatic nitrogens is 1. The molecule has 0 saturated carbocycles. The fourth-order valence-electron chi connectivity index (χ4n) is 1.67. The van der Waals surface area contributed by atoms with Crippen molar-refractivity contribution in [2.45, 2.75) is 17.1 Å². The Labute approximate surface area is 125 Å². The second-order valence-electron chi connectivity index (χ2n) is 3.90. The van der Waals surface area contributed by atoms with Gasteiger partial charge in [0.15, 0.2) is 0 Å². The Morgan fingerprint density at radius 2 is 2.05 bits per heavy atom. The molecule has 1 heterocycles. The number of anilines is 1. The van der Waals surface area contributed by atoms with E-state index in [4.69, 9.17) is 28.9 Å². The molecule has 0 bridgehead atoms. The summed E-state index contributed by atoms with van der Waals surface area (Å²) in [7, 11) is 0. The average Bonchev–Trinajstić information content (AvgIpc) is 2.37. The molecule has 19 heavy (non-hydrogen) atoms. The van der Waals surface area contributed by atoms with E-state index in [9.17, 15) is 4.39 Å². The Kier molecular flexibility index (Phi) is 4.55. The van der Waals surface area contributed by atoms with Crippen molar-refractivity contribution in [1.29, 1.82) is 0 Å². The lowest BCUT2D eigenvalue weighted by molar-refractivity contribution is 0.626. The standard InChI is InChI=1S/C13H11Cl2FN2S/c1-7(19-10-3-2-6-18-13(10)17)11-8(14)4-5-9(16)12(11)15/h2-7H,1H3,(H2,17,18)/t7-/m1/s1. The molecule has 100 valence electrons. The third-order valence-electron chi connectivity index (χ3n) is 2.59. The number of hydrogen-bond acceptors (Lipinski definition) is 3. The summed E-state index contributed by atoms with van der Waals surface area (Å²) in [5.74, 6) is -0.0457. The third kappa shape index (κ3) is 3.14. The van der Waals surface area contributed by atoms with E-state index in [2.05, 4.69) is 4.98 Å². The molecule has 0 aliphatic rings. The summed E-state index contributed by atoms with van der Waals surface area (Å²) in [6.45, 7) is 1.89. The molecule has 0 saturated heterocycles. The number of rotatable bonds is 3. The lowest BCUT2D eigenvalue weighted by Crippen LogP contribution is -1.97.